The third-order valence-corrected chi connectivity index (χ3v) is 4.24. The highest BCUT2D eigenvalue weighted by Gasteiger charge is 2.24. The van der Waals surface area contributed by atoms with Gasteiger partial charge in [0.2, 0.25) is 5.91 Å². The van der Waals surface area contributed by atoms with Gasteiger partial charge in [-0.1, -0.05) is 18.2 Å². The predicted octanol–water partition coefficient (Wildman–Crippen LogP) is 3.02. The third kappa shape index (κ3) is 4.59. The molecule has 1 fully saturated rings. The van der Waals surface area contributed by atoms with Gasteiger partial charge in [-0.15, -0.1) is 0 Å². The summed E-state index contributed by atoms with van der Waals surface area (Å²) in [7, 11) is 0. The molecule has 3 rings (SSSR count). The van der Waals surface area contributed by atoms with E-state index in [1.165, 1.54) is 6.08 Å². The van der Waals surface area contributed by atoms with Crippen molar-refractivity contribution in [1.29, 1.82) is 0 Å². The minimum atomic E-state index is -0.173. The minimum Gasteiger partial charge on any atom is -0.462 e. The molecule has 1 aromatic carbocycles. The first-order valence-corrected chi connectivity index (χ1v) is 8.51. The highest BCUT2D eigenvalue weighted by atomic mass is 16.3. The van der Waals surface area contributed by atoms with E-state index >= 15 is 0 Å². The Morgan fingerprint density at radius 3 is 2.72 bits per heavy atom. The number of benzene rings is 1. The number of carbonyl (C=O) groups is 2. The van der Waals surface area contributed by atoms with Crippen molar-refractivity contribution < 1.29 is 14.0 Å². The maximum absolute atomic E-state index is 12.5. The van der Waals surface area contributed by atoms with Gasteiger partial charge in [0, 0.05) is 30.8 Å². The summed E-state index contributed by atoms with van der Waals surface area (Å²) in [6.45, 7) is 3.12. The Bertz CT molecular complexity index is 764. The molecule has 0 radical (unpaired) electrons. The van der Waals surface area contributed by atoms with E-state index in [-0.39, 0.29) is 17.9 Å². The van der Waals surface area contributed by atoms with Crippen molar-refractivity contribution in [2.45, 2.75) is 25.8 Å². The number of furan rings is 1. The van der Waals surface area contributed by atoms with Gasteiger partial charge in [0.25, 0.3) is 5.91 Å². The van der Waals surface area contributed by atoms with Crippen molar-refractivity contribution in [3.63, 3.8) is 0 Å². The average Bonchev–Trinajstić information content (AvgIpc) is 3.06. The van der Waals surface area contributed by atoms with Crippen molar-refractivity contribution in [1.82, 2.24) is 10.2 Å². The second-order valence-electron chi connectivity index (χ2n) is 6.25. The molecule has 1 unspecified atom stereocenters. The van der Waals surface area contributed by atoms with E-state index < -0.39 is 0 Å². The zero-order valence-corrected chi connectivity index (χ0v) is 14.3. The molecular formula is C20H22N2O3. The normalized spacial score (nSPS) is 17.6. The zero-order chi connectivity index (χ0) is 17.6. The van der Waals surface area contributed by atoms with E-state index in [0.717, 1.165) is 25.1 Å². The fraction of sp³-hybridized carbons (Fsp3) is 0.300. The Morgan fingerprint density at radius 2 is 2.00 bits per heavy atom. The molecule has 5 nitrogen and oxygen atoms in total. The molecule has 0 spiro atoms. The van der Waals surface area contributed by atoms with Crippen molar-refractivity contribution in [3.8, 4) is 0 Å². The lowest BCUT2D eigenvalue weighted by molar-refractivity contribution is -0.117. The summed E-state index contributed by atoms with van der Waals surface area (Å²) in [6.07, 6.45) is 4.87. The lowest BCUT2D eigenvalue weighted by Crippen LogP contribution is -2.49. The molecule has 130 valence electrons. The number of rotatable bonds is 4. The fourth-order valence-electron chi connectivity index (χ4n) is 2.99. The van der Waals surface area contributed by atoms with E-state index in [0.29, 0.717) is 17.9 Å². The molecule has 0 saturated carbocycles. The lowest BCUT2D eigenvalue weighted by Gasteiger charge is -2.33. The van der Waals surface area contributed by atoms with Crippen molar-refractivity contribution in [2.24, 2.45) is 0 Å². The Balaban J connectivity index is 1.55. The van der Waals surface area contributed by atoms with Gasteiger partial charge in [-0.3, -0.25) is 9.59 Å². The maximum atomic E-state index is 12.5. The number of carbonyl (C=O) groups excluding carboxylic acids is 2. The molecule has 1 atom stereocenters. The predicted molar refractivity (Wildman–Crippen MR) is 96.0 cm³/mol. The first kappa shape index (κ1) is 17.0. The third-order valence-electron chi connectivity index (χ3n) is 4.24. The second kappa shape index (κ2) is 7.83. The van der Waals surface area contributed by atoms with Crippen molar-refractivity contribution in [2.75, 3.05) is 13.1 Å². The Hall–Kier alpha value is -2.82. The molecular weight excluding hydrogens is 316 g/mol. The van der Waals surface area contributed by atoms with E-state index in [2.05, 4.69) is 5.32 Å². The Morgan fingerprint density at radius 1 is 1.20 bits per heavy atom. The van der Waals surface area contributed by atoms with Gasteiger partial charge >= 0.3 is 0 Å². The van der Waals surface area contributed by atoms with Crippen LogP contribution in [-0.2, 0) is 4.79 Å². The summed E-state index contributed by atoms with van der Waals surface area (Å²) in [5, 5.41) is 2.97. The van der Waals surface area contributed by atoms with Gasteiger partial charge in [-0.05, 0) is 50.1 Å². The minimum absolute atomic E-state index is 0.0150. The number of piperidine rings is 1. The number of hydrogen-bond donors (Lipinski definition) is 1. The molecule has 1 N–H and O–H groups in total. The van der Waals surface area contributed by atoms with Crippen LogP contribution in [0.15, 0.2) is 53.0 Å². The highest BCUT2D eigenvalue weighted by Crippen LogP contribution is 2.14. The number of aryl methyl sites for hydroxylation is 1. The van der Waals surface area contributed by atoms with Gasteiger partial charge in [-0.25, -0.2) is 0 Å². The summed E-state index contributed by atoms with van der Waals surface area (Å²) in [5.41, 5.74) is 0.683. The lowest BCUT2D eigenvalue weighted by atomic mass is 10.0. The first-order chi connectivity index (χ1) is 12.1. The Labute approximate surface area is 147 Å². The fourth-order valence-corrected chi connectivity index (χ4v) is 2.99. The summed E-state index contributed by atoms with van der Waals surface area (Å²) in [4.78, 5) is 26.4. The van der Waals surface area contributed by atoms with Crippen LogP contribution in [0.3, 0.4) is 0 Å². The standard InChI is InChI=1S/C20H22N2O3/c1-15-9-10-18(25-15)11-12-19(23)21-17-8-5-13-22(14-17)20(24)16-6-3-2-4-7-16/h2-4,6-7,9-12,17H,5,8,13-14H2,1H3,(H,21,23)/b12-11+. The largest absolute Gasteiger partial charge is 0.462 e. The molecule has 1 saturated heterocycles. The number of nitrogens with one attached hydrogen (secondary N) is 1. The average molecular weight is 338 g/mol. The maximum Gasteiger partial charge on any atom is 0.253 e. The zero-order valence-electron chi connectivity index (χ0n) is 14.3. The van der Waals surface area contributed by atoms with Crippen LogP contribution >= 0.6 is 0 Å². The molecule has 1 aliphatic rings. The van der Waals surface area contributed by atoms with Crippen LogP contribution in [0.2, 0.25) is 0 Å². The number of likely N-dealkylation sites (tertiary alicyclic amines) is 1. The molecule has 2 heterocycles. The van der Waals surface area contributed by atoms with Crippen LogP contribution in [0.5, 0.6) is 0 Å². The van der Waals surface area contributed by atoms with E-state index in [1.807, 2.05) is 54.3 Å². The summed E-state index contributed by atoms with van der Waals surface area (Å²) in [5.74, 6) is 1.30. The van der Waals surface area contributed by atoms with Crippen molar-refractivity contribution in [3.05, 3.63) is 65.6 Å². The molecule has 0 bridgehead atoms. The Kier molecular flexibility index (Phi) is 5.33. The SMILES string of the molecule is Cc1ccc(/C=C/C(=O)NC2CCCN(C(=O)c3ccccc3)C2)o1. The van der Waals surface area contributed by atoms with E-state index in [4.69, 9.17) is 4.42 Å². The monoisotopic (exact) mass is 338 g/mol. The van der Waals surface area contributed by atoms with Gasteiger partial charge < -0.3 is 14.6 Å². The second-order valence-corrected chi connectivity index (χ2v) is 6.25. The summed E-state index contributed by atoms with van der Waals surface area (Å²) >= 11 is 0. The van der Waals surface area contributed by atoms with Crippen LogP contribution in [0, 0.1) is 6.92 Å². The molecule has 2 amide bonds. The highest BCUT2D eigenvalue weighted by molar-refractivity contribution is 5.94. The first-order valence-electron chi connectivity index (χ1n) is 8.51. The number of amides is 2. The molecule has 25 heavy (non-hydrogen) atoms. The van der Waals surface area contributed by atoms with Gasteiger partial charge in [0.05, 0.1) is 0 Å². The molecule has 2 aromatic rings. The molecule has 1 aliphatic heterocycles. The van der Waals surface area contributed by atoms with Gasteiger partial charge in [-0.2, -0.15) is 0 Å². The smallest absolute Gasteiger partial charge is 0.253 e. The van der Waals surface area contributed by atoms with E-state index in [9.17, 15) is 9.59 Å². The summed E-state index contributed by atoms with van der Waals surface area (Å²) in [6, 6.07) is 12.9. The van der Waals surface area contributed by atoms with Crippen molar-refractivity contribution >= 4 is 17.9 Å². The number of nitrogens with zero attached hydrogens (tertiary/aromatic N) is 1. The van der Waals surface area contributed by atoms with E-state index in [1.54, 1.807) is 6.08 Å². The van der Waals surface area contributed by atoms with Crippen LogP contribution in [0.1, 0.15) is 34.7 Å². The molecule has 0 aliphatic carbocycles. The van der Waals surface area contributed by atoms with Crippen LogP contribution in [0.4, 0.5) is 0 Å². The van der Waals surface area contributed by atoms with Gasteiger partial charge in [0.15, 0.2) is 0 Å². The van der Waals surface area contributed by atoms with Gasteiger partial charge in [0.1, 0.15) is 11.5 Å². The van der Waals surface area contributed by atoms with Crippen LogP contribution < -0.4 is 5.32 Å². The van der Waals surface area contributed by atoms with Crippen LogP contribution in [-0.4, -0.2) is 35.8 Å². The topological polar surface area (TPSA) is 62.6 Å². The van der Waals surface area contributed by atoms with Crippen LogP contribution in [0.25, 0.3) is 6.08 Å². The molecule has 5 heteroatoms. The quantitative estimate of drug-likeness (QED) is 0.872. The number of hydrogen-bond acceptors (Lipinski definition) is 3. The summed E-state index contributed by atoms with van der Waals surface area (Å²) < 4.78 is 5.40. The molecule has 1 aromatic heterocycles.